The molecule has 1 unspecified atom stereocenters. The first-order valence-corrected chi connectivity index (χ1v) is 12.7. The molecule has 5 rings (SSSR count). The van der Waals surface area contributed by atoms with Crippen molar-refractivity contribution >= 4 is 0 Å². The summed E-state index contributed by atoms with van der Waals surface area (Å²) in [4.78, 5) is 0. The predicted octanol–water partition coefficient (Wildman–Crippen LogP) is 7.99. The summed E-state index contributed by atoms with van der Waals surface area (Å²) in [7, 11) is 0. The lowest BCUT2D eigenvalue weighted by Crippen LogP contribution is -2.20. The molecule has 1 saturated heterocycles. The Morgan fingerprint density at radius 2 is 1.44 bits per heavy atom. The standard InChI is InChI=1S/C29H33F3O2/c1-2-18-3-7-20(8-4-18)23-12-13-24(29(32)28(23)31)21-9-5-19(6-10-21)16-33-26-14-11-22(15-25(26)30)27-17-34-27/h2,11-15,18-21,27H,1,3-10,16-17H2. The second kappa shape index (κ2) is 10.2. The van der Waals surface area contributed by atoms with E-state index in [-0.39, 0.29) is 35.4 Å². The van der Waals surface area contributed by atoms with Gasteiger partial charge in [0.2, 0.25) is 0 Å². The molecule has 0 spiro atoms. The van der Waals surface area contributed by atoms with Gasteiger partial charge in [-0.3, -0.25) is 0 Å². The molecule has 0 radical (unpaired) electrons. The lowest BCUT2D eigenvalue weighted by molar-refractivity contribution is 0.193. The van der Waals surface area contributed by atoms with E-state index in [0.29, 0.717) is 30.3 Å². The molecular formula is C29H33F3O2. The van der Waals surface area contributed by atoms with Crippen molar-refractivity contribution in [3.8, 4) is 5.75 Å². The monoisotopic (exact) mass is 470 g/mol. The maximum Gasteiger partial charge on any atom is 0.165 e. The third-order valence-corrected chi connectivity index (χ3v) is 8.11. The van der Waals surface area contributed by atoms with Gasteiger partial charge in [-0.25, -0.2) is 13.2 Å². The van der Waals surface area contributed by atoms with Gasteiger partial charge in [-0.1, -0.05) is 24.3 Å². The fraction of sp³-hybridized carbons (Fsp3) is 0.517. The van der Waals surface area contributed by atoms with Gasteiger partial charge >= 0.3 is 0 Å². The van der Waals surface area contributed by atoms with E-state index in [1.54, 1.807) is 6.07 Å². The highest BCUT2D eigenvalue weighted by Gasteiger charge is 2.30. The van der Waals surface area contributed by atoms with Crippen LogP contribution in [0.25, 0.3) is 0 Å². The van der Waals surface area contributed by atoms with Crippen molar-refractivity contribution in [2.24, 2.45) is 11.8 Å². The highest BCUT2D eigenvalue weighted by molar-refractivity contribution is 5.33. The van der Waals surface area contributed by atoms with Gasteiger partial charge < -0.3 is 9.47 Å². The van der Waals surface area contributed by atoms with Gasteiger partial charge in [-0.15, -0.1) is 6.58 Å². The lowest BCUT2D eigenvalue weighted by atomic mass is 9.76. The summed E-state index contributed by atoms with van der Waals surface area (Å²) < 4.78 is 55.4. The molecule has 2 aliphatic carbocycles. The van der Waals surface area contributed by atoms with Crippen LogP contribution in [0.2, 0.25) is 0 Å². The van der Waals surface area contributed by atoms with Gasteiger partial charge in [-0.2, -0.15) is 0 Å². The van der Waals surface area contributed by atoms with Gasteiger partial charge in [0.15, 0.2) is 23.2 Å². The summed E-state index contributed by atoms with van der Waals surface area (Å²) in [6.07, 6.45) is 9.04. The molecule has 3 fully saturated rings. The van der Waals surface area contributed by atoms with Crippen molar-refractivity contribution in [2.75, 3.05) is 13.2 Å². The molecule has 182 valence electrons. The molecule has 2 aromatic rings. The van der Waals surface area contributed by atoms with E-state index < -0.39 is 11.6 Å². The third-order valence-electron chi connectivity index (χ3n) is 8.11. The number of ether oxygens (including phenoxy) is 2. The van der Waals surface area contributed by atoms with Gasteiger partial charge in [0.25, 0.3) is 0 Å². The Balaban J connectivity index is 1.15. The van der Waals surface area contributed by atoms with Crippen LogP contribution in [-0.2, 0) is 4.74 Å². The van der Waals surface area contributed by atoms with E-state index in [9.17, 15) is 4.39 Å². The summed E-state index contributed by atoms with van der Waals surface area (Å²) >= 11 is 0. The Bertz CT molecular complexity index is 1020. The first kappa shape index (κ1) is 23.5. The second-order valence-electron chi connectivity index (χ2n) is 10.3. The molecule has 2 nitrogen and oxygen atoms in total. The highest BCUT2D eigenvalue weighted by atomic mass is 19.2. The fourth-order valence-electron chi connectivity index (χ4n) is 5.80. The molecule has 5 heteroatoms. The molecule has 2 saturated carbocycles. The summed E-state index contributed by atoms with van der Waals surface area (Å²) in [5.74, 6) is -0.519. The van der Waals surface area contributed by atoms with Crippen molar-refractivity contribution in [1.82, 2.24) is 0 Å². The van der Waals surface area contributed by atoms with Gasteiger partial charge in [0.05, 0.1) is 13.2 Å². The molecule has 2 aromatic carbocycles. The average molecular weight is 471 g/mol. The number of hydrogen-bond donors (Lipinski definition) is 0. The first-order chi connectivity index (χ1) is 16.5. The number of hydrogen-bond acceptors (Lipinski definition) is 2. The lowest BCUT2D eigenvalue weighted by Gasteiger charge is -2.30. The van der Waals surface area contributed by atoms with Crippen LogP contribution in [0.15, 0.2) is 43.0 Å². The van der Waals surface area contributed by atoms with Crippen LogP contribution < -0.4 is 4.74 Å². The highest BCUT2D eigenvalue weighted by Crippen LogP contribution is 2.42. The van der Waals surface area contributed by atoms with Crippen LogP contribution in [0.4, 0.5) is 13.2 Å². The van der Waals surface area contributed by atoms with Crippen LogP contribution in [0.3, 0.4) is 0 Å². The normalized spacial score (nSPS) is 29.0. The zero-order valence-electron chi connectivity index (χ0n) is 19.6. The number of allylic oxidation sites excluding steroid dienone is 1. The van der Waals surface area contributed by atoms with Gasteiger partial charge in [0, 0.05) is 0 Å². The van der Waals surface area contributed by atoms with Crippen LogP contribution in [0.5, 0.6) is 5.75 Å². The maximum absolute atomic E-state index is 15.1. The fourth-order valence-corrected chi connectivity index (χ4v) is 5.80. The number of halogens is 3. The van der Waals surface area contributed by atoms with Crippen molar-refractivity contribution in [1.29, 1.82) is 0 Å². The molecule has 0 N–H and O–H groups in total. The molecule has 1 atom stereocenters. The minimum Gasteiger partial charge on any atom is -0.490 e. The average Bonchev–Trinajstić information content (AvgIpc) is 3.71. The summed E-state index contributed by atoms with van der Waals surface area (Å²) in [5.41, 5.74) is 1.88. The van der Waals surface area contributed by atoms with Crippen LogP contribution >= 0.6 is 0 Å². The topological polar surface area (TPSA) is 21.8 Å². The van der Waals surface area contributed by atoms with Crippen LogP contribution in [-0.4, -0.2) is 13.2 Å². The quantitative estimate of drug-likeness (QED) is 0.302. The van der Waals surface area contributed by atoms with Crippen molar-refractivity contribution in [2.45, 2.75) is 69.3 Å². The second-order valence-corrected chi connectivity index (χ2v) is 10.3. The minimum atomic E-state index is -0.662. The Morgan fingerprint density at radius 1 is 0.853 bits per heavy atom. The maximum atomic E-state index is 15.1. The molecule has 0 amide bonds. The van der Waals surface area contributed by atoms with Crippen molar-refractivity contribution < 1.29 is 22.6 Å². The molecule has 0 bridgehead atoms. The first-order valence-electron chi connectivity index (χ1n) is 12.7. The minimum absolute atomic E-state index is 0.0189. The molecular weight excluding hydrogens is 437 g/mol. The van der Waals surface area contributed by atoms with Gasteiger partial charge in [0.1, 0.15) is 6.10 Å². The molecule has 1 heterocycles. The zero-order chi connectivity index (χ0) is 23.7. The summed E-state index contributed by atoms with van der Waals surface area (Å²) in [5, 5.41) is 0. The van der Waals surface area contributed by atoms with E-state index in [1.165, 1.54) is 6.07 Å². The number of benzene rings is 2. The van der Waals surface area contributed by atoms with Crippen molar-refractivity contribution in [3.63, 3.8) is 0 Å². The van der Waals surface area contributed by atoms with E-state index >= 15 is 8.78 Å². The Kier molecular flexibility index (Phi) is 7.01. The van der Waals surface area contributed by atoms with Crippen LogP contribution in [0.1, 0.15) is 86.0 Å². The Hall–Kier alpha value is -2.27. The Labute approximate surface area is 200 Å². The number of rotatable bonds is 7. The summed E-state index contributed by atoms with van der Waals surface area (Å²) in [6.45, 7) is 4.94. The van der Waals surface area contributed by atoms with Crippen molar-refractivity contribution in [3.05, 3.63) is 77.1 Å². The van der Waals surface area contributed by atoms with E-state index in [0.717, 1.165) is 56.9 Å². The predicted molar refractivity (Wildman–Crippen MR) is 127 cm³/mol. The molecule has 0 aromatic heterocycles. The van der Waals surface area contributed by atoms with E-state index in [1.807, 2.05) is 24.3 Å². The molecule has 1 aliphatic heterocycles. The number of epoxide rings is 1. The molecule has 34 heavy (non-hydrogen) atoms. The van der Waals surface area contributed by atoms with Gasteiger partial charge in [-0.05, 0) is 104 Å². The molecule has 3 aliphatic rings. The zero-order valence-corrected chi connectivity index (χ0v) is 19.6. The van der Waals surface area contributed by atoms with E-state index in [2.05, 4.69) is 6.58 Å². The van der Waals surface area contributed by atoms with E-state index in [4.69, 9.17) is 9.47 Å². The smallest absolute Gasteiger partial charge is 0.165 e. The largest absolute Gasteiger partial charge is 0.490 e. The SMILES string of the molecule is C=CC1CCC(c2ccc(C3CCC(COc4ccc(C5CO5)cc4F)CC3)c(F)c2F)CC1. The van der Waals surface area contributed by atoms with Crippen LogP contribution in [0, 0.1) is 29.3 Å². The third kappa shape index (κ3) is 5.05. The summed E-state index contributed by atoms with van der Waals surface area (Å²) in [6, 6.07) is 8.63. The Morgan fingerprint density at radius 3 is 1.97 bits per heavy atom.